The van der Waals surface area contributed by atoms with Crippen LogP contribution in [-0.4, -0.2) is 0 Å². The molecular weight excluding hydrogens is 460 g/mol. The molecule has 4 aromatic carbocycles. The van der Waals surface area contributed by atoms with Gasteiger partial charge in [-0.1, -0.05) is 107 Å². The summed E-state index contributed by atoms with van der Waals surface area (Å²) in [5, 5.41) is 26.4. The molecule has 0 amide bonds. The van der Waals surface area contributed by atoms with Gasteiger partial charge in [0.2, 0.25) is 0 Å². The summed E-state index contributed by atoms with van der Waals surface area (Å²) in [7, 11) is 0. The minimum atomic E-state index is -0.250. The largest absolute Gasteiger partial charge is 1.00 e. The van der Waals surface area contributed by atoms with E-state index in [-0.39, 0.29) is 76.3 Å². The molecule has 0 N–H and O–H groups in total. The number of nitrogens with zero attached hydrogens (tertiary/aromatic N) is 3. The van der Waals surface area contributed by atoms with Gasteiger partial charge >= 0.3 is 59.1 Å². The molecule has 4 aromatic rings. The van der Waals surface area contributed by atoms with E-state index in [9.17, 15) is 10.2 Å². The van der Waals surface area contributed by atoms with Crippen molar-refractivity contribution < 1.29 is 74.1 Å². The second kappa shape index (κ2) is 14.9. The zero-order chi connectivity index (χ0) is 22.1. The molecule has 0 saturated heterocycles. The van der Waals surface area contributed by atoms with Crippen molar-refractivity contribution in [2.24, 2.45) is 5.11 Å². The van der Waals surface area contributed by atoms with Crippen LogP contribution < -0.4 is 74.1 Å². The number of rotatable bonds is 4. The van der Waals surface area contributed by atoms with E-state index in [1.807, 2.05) is 60.7 Å². The van der Waals surface area contributed by atoms with Gasteiger partial charge in [0, 0.05) is 10.6 Å². The smallest absolute Gasteiger partial charge is 0.872 e. The molecule has 0 atom stereocenters. The van der Waals surface area contributed by atoms with Gasteiger partial charge in [0.15, 0.2) is 0 Å². The number of ether oxygens (including phenoxy) is 1. The van der Waals surface area contributed by atoms with Crippen molar-refractivity contribution in [3.8, 4) is 34.1 Å². The van der Waals surface area contributed by atoms with Crippen LogP contribution in [0, 0.1) is 0 Å². The van der Waals surface area contributed by atoms with Crippen molar-refractivity contribution in [3.05, 3.63) is 113 Å². The first-order valence-corrected chi connectivity index (χ1v) is 9.57. The molecule has 9 heteroatoms. The molecule has 0 radical (unpaired) electrons. The molecule has 0 aliphatic rings. The van der Waals surface area contributed by atoms with Crippen LogP contribution in [-0.2, 0) is 0 Å². The Morgan fingerprint density at radius 1 is 0.727 bits per heavy atom. The second-order valence-electron chi connectivity index (χ2n) is 6.19. The van der Waals surface area contributed by atoms with Crippen molar-refractivity contribution in [3.63, 3.8) is 0 Å². The molecule has 0 fully saturated rings. The Kier molecular flexibility index (Phi) is 13.1. The maximum Gasteiger partial charge on any atom is 1.00 e. The van der Waals surface area contributed by atoms with Crippen LogP contribution >= 0.6 is 11.6 Å². The normalized spacial score (nSPS) is 9.12. The Hall–Kier alpha value is -2.12. The molecule has 0 saturated carbocycles. The SMILES string of the molecule is [N-]=[N+]=Nc1ccccc1[O-].[Na+].[Na+].[O-]c1ccc(Oc2ccccc2)c(Cl)c1-c1ccccc1. The number of hydrogen-bond donors (Lipinski definition) is 0. The fraction of sp³-hybridized carbons (Fsp3) is 0. The van der Waals surface area contributed by atoms with Crippen LogP contribution in [0.15, 0.2) is 102 Å². The first kappa shape index (κ1) is 28.9. The van der Waals surface area contributed by atoms with E-state index in [1.165, 1.54) is 18.2 Å². The number of benzene rings is 4. The Morgan fingerprint density at radius 3 is 1.91 bits per heavy atom. The van der Waals surface area contributed by atoms with Crippen LogP contribution in [0.3, 0.4) is 0 Å². The molecule has 6 nitrogen and oxygen atoms in total. The van der Waals surface area contributed by atoms with Crippen LogP contribution in [0.25, 0.3) is 21.6 Å². The van der Waals surface area contributed by atoms with Gasteiger partial charge in [-0.05, 0) is 34.9 Å². The van der Waals surface area contributed by atoms with Crippen LogP contribution in [0.1, 0.15) is 0 Å². The average molecular weight is 476 g/mol. The zero-order valence-corrected chi connectivity index (χ0v) is 22.9. The zero-order valence-electron chi connectivity index (χ0n) is 18.2. The van der Waals surface area contributed by atoms with Gasteiger partial charge in [-0.2, -0.15) is 0 Å². The summed E-state index contributed by atoms with van der Waals surface area (Å²) >= 11 is 6.37. The molecule has 33 heavy (non-hydrogen) atoms. The minimum absolute atomic E-state index is 0. The average Bonchev–Trinajstić information content (AvgIpc) is 2.80. The van der Waals surface area contributed by atoms with Crippen molar-refractivity contribution in [1.29, 1.82) is 0 Å². The quantitative estimate of drug-likeness (QED) is 0.187. The van der Waals surface area contributed by atoms with Crippen LogP contribution in [0.2, 0.25) is 5.02 Å². The van der Waals surface area contributed by atoms with Crippen molar-refractivity contribution in [2.45, 2.75) is 0 Å². The third-order valence-corrected chi connectivity index (χ3v) is 4.49. The van der Waals surface area contributed by atoms with Gasteiger partial charge in [-0.3, -0.25) is 0 Å². The summed E-state index contributed by atoms with van der Waals surface area (Å²) in [5.41, 5.74) is 9.35. The summed E-state index contributed by atoms with van der Waals surface area (Å²) in [6.07, 6.45) is 0. The predicted molar refractivity (Wildman–Crippen MR) is 118 cm³/mol. The van der Waals surface area contributed by atoms with Gasteiger partial charge in [-0.25, -0.2) is 0 Å². The van der Waals surface area contributed by atoms with Crippen LogP contribution in [0.4, 0.5) is 5.69 Å². The van der Waals surface area contributed by atoms with Gasteiger partial charge in [0.05, 0.1) is 5.02 Å². The van der Waals surface area contributed by atoms with Gasteiger partial charge < -0.3 is 14.9 Å². The fourth-order valence-electron chi connectivity index (χ4n) is 2.70. The standard InChI is InChI=1S/C18H13ClO2.C6H5N3O.2Na/c19-18-16(21-14-9-5-2-6-10-14)12-11-15(20)17(18)13-7-3-1-4-8-13;7-9-8-5-3-1-2-4-6(5)10;;/h1-12,20H;1-4,10H;;/q;;2*+1/p-2. The maximum atomic E-state index is 12.1. The second-order valence-corrected chi connectivity index (χ2v) is 6.57. The summed E-state index contributed by atoms with van der Waals surface area (Å²) in [6, 6.07) is 27.8. The first-order chi connectivity index (χ1) is 15.1. The molecule has 0 unspecified atom stereocenters. The Morgan fingerprint density at radius 2 is 1.30 bits per heavy atom. The van der Waals surface area contributed by atoms with Gasteiger partial charge in [0.1, 0.15) is 11.5 Å². The summed E-state index contributed by atoms with van der Waals surface area (Å²) in [5.74, 6) is 0.783. The third-order valence-electron chi connectivity index (χ3n) is 4.12. The monoisotopic (exact) mass is 475 g/mol. The predicted octanol–water partition coefficient (Wildman–Crippen LogP) is 0.583. The molecule has 0 aliphatic heterocycles. The molecule has 0 bridgehead atoms. The molecule has 0 aliphatic carbocycles. The first-order valence-electron chi connectivity index (χ1n) is 9.19. The van der Waals surface area contributed by atoms with E-state index in [1.54, 1.807) is 18.2 Å². The maximum absolute atomic E-state index is 12.1. The van der Waals surface area contributed by atoms with E-state index in [0.717, 1.165) is 5.56 Å². The number of halogens is 1. The number of para-hydroxylation sites is 2. The Bertz CT molecular complexity index is 1210. The molecule has 154 valence electrons. The summed E-state index contributed by atoms with van der Waals surface area (Å²) in [6.45, 7) is 0. The molecule has 0 spiro atoms. The summed E-state index contributed by atoms with van der Waals surface area (Å²) < 4.78 is 5.76. The Labute approximate surface area is 241 Å². The van der Waals surface area contributed by atoms with Crippen molar-refractivity contribution in [1.82, 2.24) is 0 Å². The fourth-order valence-corrected chi connectivity index (χ4v) is 3.00. The van der Waals surface area contributed by atoms with E-state index < -0.39 is 0 Å². The summed E-state index contributed by atoms with van der Waals surface area (Å²) in [4.78, 5) is 2.49. The minimum Gasteiger partial charge on any atom is -0.872 e. The molecule has 0 heterocycles. The van der Waals surface area contributed by atoms with E-state index >= 15 is 0 Å². The van der Waals surface area contributed by atoms with Gasteiger partial charge in [-0.15, -0.1) is 0 Å². The van der Waals surface area contributed by atoms with E-state index in [2.05, 4.69) is 10.0 Å². The molecule has 4 rings (SSSR count). The molecule has 0 aromatic heterocycles. The Balaban J connectivity index is 0.000000388. The third kappa shape index (κ3) is 8.31. The van der Waals surface area contributed by atoms with Crippen LogP contribution in [0.5, 0.6) is 23.0 Å². The topological polar surface area (TPSA) is 104 Å². The van der Waals surface area contributed by atoms with Gasteiger partial charge in [0.25, 0.3) is 0 Å². The van der Waals surface area contributed by atoms with E-state index in [0.29, 0.717) is 22.1 Å². The molecular formula is C24H16ClN3Na2O3. The van der Waals surface area contributed by atoms with Crippen molar-refractivity contribution >= 4 is 17.3 Å². The number of azide groups is 1. The van der Waals surface area contributed by atoms with E-state index in [4.69, 9.17) is 21.9 Å². The number of hydrogen-bond acceptors (Lipinski definition) is 4. The van der Waals surface area contributed by atoms with Crippen molar-refractivity contribution in [2.75, 3.05) is 0 Å².